The molecule has 196 valence electrons. The first-order valence-electron chi connectivity index (χ1n) is 12.9. The number of rotatable bonds is 13. The normalized spacial score (nSPS) is 29.3. The van der Waals surface area contributed by atoms with E-state index in [2.05, 4.69) is 13.2 Å². The number of nitrogens with zero attached hydrogens (tertiary/aromatic N) is 2. The summed E-state index contributed by atoms with van der Waals surface area (Å²) < 4.78 is 12.0. The van der Waals surface area contributed by atoms with Crippen LogP contribution in [-0.2, 0) is 23.9 Å². The van der Waals surface area contributed by atoms with Gasteiger partial charge in [0, 0.05) is 25.2 Å². The van der Waals surface area contributed by atoms with E-state index in [-0.39, 0.29) is 18.4 Å². The summed E-state index contributed by atoms with van der Waals surface area (Å²) in [6.45, 7) is 14.4. The van der Waals surface area contributed by atoms with E-state index in [1.165, 1.54) is 0 Å². The van der Waals surface area contributed by atoms with Crippen molar-refractivity contribution in [2.24, 2.45) is 11.8 Å². The molecule has 8 nitrogen and oxygen atoms in total. The van der Waals surface area contributed by atoms with Gasteiger partial charge in [-0.05, 0) is 65.7 Å². The molecule has 3 fully saturated rings. The van der Waals surface area contributed by atoms with E-state index < -0.39 is 41.1 Å². The number of aliphatic hydroxyl groups is 1. The summed E-state index contributed by atoms with van der Waals surface area (Å²) in [6, 6.07) is -0.812. The summed E-state index contributed by atoms with van der Waals surface area (Å²) in [5, 5.41) is 9.28. The first kappa shape index (κ1) is 27.4. The van der Waals surface area contributed by atoms with Gasteiger partial charge < -0.3 is 24.4 Å². The summed E-state index contributed by atoms with van der Waals surface area (Å²) in [5.41, 5.74) is -1.52. The van der Waals surface area contributed by atoms with Crippen molar-refractivity contribution in [1.82, 2.24) is 9.80 Å². The van der Waals surface area contributed by atoms with Gasteiger partial charge in [0.2, 0.25) is 11.8 Å². The zero-order valence-electron chi connectivity index (χ0n) is 21.5. The number of hydrogen-bond donors (Lipinski definition) is 1. The van der Waals surface area contributed by atoms with Crippen LogP contribution in [0.1, 0.15) is 65.7 Å². The first-order chi connectivity index (χ1) is 16.6. The second-order valence-electron chi connectivity index (χ2n) is 10.9. The molecular weight excluding hydrogens is 448 g/mol. The predicted molar refractivity (Wildman–Crippen MR) is 132 cm³/mol. The lowest BCUT2D eigenvalue weighted by Crippen LogP contribution is -2.59. The van der Waals surface area contributed by atoms with E-state index in [0.29, 0.717) is 45.4 Å². The van der Waals surface area contributed by atoms with E-state index >= 15 is 0 Å². The second kappa shape index (κ2) is 11.2. The highest BCUT2D eigenvalue weighted by Gasteiger charge is 2.75. The highest BCUT2D eigenvalue weighted by atomic mass is 16.6. The largest absolute Gasteiger partial charge is 0.465 e. The van der Waals surface area contributed by atoms with Crippen LogP contribution in [-0.4, -0.2) is 82.3 Å². The Morgan fingerprint density at radius 1 is 1.23 bits per heavy atom. The van der Waals surface area contributed by atoms with Crippen molar-refractivity contribution in [3.63, 3.8) is 0 Å². The summed E-state index contributed by atoms with van der Waals surface area (Å²) in [6.07, 6.45) is 7.84. The number of unbranched alkanes of at least 4 members (excludes halogenated alkanes) is 3. The Bertz CT molecular complexity index is 821. The number of fused-ring (bicyclic) bond motifs is 1. The third-order valence-electron chi connectivity index (χ3n) is 7.55. The van der Waals surface area contributed by atoms with Gasteiger partial charge in [0.1, 0.15) is 11.6 Å². The molecule has 3 heterocycles. The molecule has 8 heteroatoms. The van der Waals surface area contributed by atoms with Gasteiger partial charge in [-0.25, -0.2) is 0 Å². The first-order valence-corrected chi connectivity index (χ1v) is 12.9. The highest BCUT2D eigenvalue weighted by molar-refractivity contribution is 5.98. The lowest BCUT2D eigenvalue weighted by molar-refractivity contribution is -0.156. The molecule has 0 aliphatic carbocycles. The Hall–Kier alpha value is -2.19. The van der Waals surface area contributed by atoms with Crippen LogP contribution in [0.3, 0.4) is 0 Å². The Morgan fingerprint density at radius 3 is 2.60 bits per heavy atom. The third kappa shape index (κ3) is 5.19. The Balaban J connectivity index is 1.90. The van der Waals surface area contributed by atoms with Crippen LogP contribution in [0, 0.1) is 11.8 Å². The van der Waals surface area contributed by atoms with E-state index in [9.17, 15) is 19.5 Å². The molecule has 3 aliphatic rings. The molecule has 5 atom stereocenters. The molecule has 0 aromatic rings. The fourth-order valence-corrected chi connectivity index (χ4v) is 5.97. The van der Waals surface area contributed by atoms with Gasteiger partial charge in [0.15, 0.2) is 0 Å². The molecule has 1 spiro atoms. The van der Waals surface area contributed by atoms with Crippen LogP contribution in [0.2, 0.25) is 0 Å². The molecule has 2 unspecified atom stereocenters. The fourth-order valence-electron chi connectivity index (χ4n) is 5.97. The molecule has 0 saturated carbocycles. The minimum atomic E-state index is -1.03. The van der Waals surface area contributed by atoms with E-state index in [1.807, 2.05) is 26.8 Å². The predicted octanol–water partition coefficient (Wildman–Crippen LogP) is 2.85. The standard InChI is InChI=1S/C27H42N2O6/c1-6-8-9-12-18-34-25(33)20-19-13-14-27(35-19)21(20)23(31)28(16-10-11-17-30)22(27)24(32)29(15-7-2)26(3,4)5/h6-7,19-22,30H,1-2,8-18H2,3-5H3/t19-,20+,21-,22?,27?/m0/s1. The molecule has 2 amide bonds. The summed E-state index contributed by atoms with van der Waals surface area (Å²) >= 11 is 0. The van der Waals surface area contributed by atoms with Crippen molar-refractivity contribution < 1.29 is 29.0 Å². The number of allylic oxidation sites excluding steroid dienone is 1. The monoisotopic (exact) mass is 490 g/mol. The topological polar surface area (TPSA) is 96.4 Å². The number of carbonyl (C=O) groups excluding carboxylic acids is 3. The average molecular weight is 491 g/mol. The maximum Gasteiger partial charge on any atom is 0.312 e. The number of amides is 2. The van der Waals surface area contributed by atoms with Gasteiger partial charge in [0.05, 0.1) is 24.5 Å². The zero-order valence-corrected chi connectivity index (χ0v) is 21.5. The number of esters is 1. The molecule has 2 bridgehead atoms. The van der Waals surface area contributed by atoms with Crippen LogP contribution >= 0.6 is 0 Å². The van der Waals surface area contributed by atoms with Gasteiger partial charge in [-0.15, -0.1) is 13.2 Å². The summed E-state index contributed by atoms with van der Waals surface area (Å²) in [4.78, 5) is 44.4. The van der Waals surface area contributed by atoms with Crippen molar-refractivity contribution in [2.45, 2.75) is 89.0 Å². The van der Waals surface area contributed by atoms with Crippen molar-refractivity contribution in [3.8, 4) is 0 Å². The maximum absolute atomic E-state index is 14.1. The second-order valence-corrected chi connectivity index (χ2v) is 10.9. The van der Waals surface area contributed by atoms with E-state index in [4.69, 9.17) is 9.47 Å². The molecule has 3 aliphatic heterocycles. The summed E-state index contributed by atoms with van der Waals surface area (Å²) in [7, 11) is 0. The zero-order chi connectivity index (χ0) is 25.8. The van der Waals surface area contributed by atoms with Crippen molar-refractivity contribution >= 4 is 17.8 Å². The van der Waals surface area contributed by atoms with Gasteiger partial charge in [-0.1, -0.05) is 12.2 Å². The van der Waals surface area contributed by atoms with Crippen LogP contribution in [0.15, 0.2) is 25.3 Å². The fraction of sp³-hybridized carbons (Fsp3) is 0.741. The highest BCUT2D eigenvalue weighted by Crippen LogP contribution is 2.59. The molecule has 3 rings (SSSR count). The molecule has 0 aromatic carbocycles. The smallest absolute Gasteiger partial charge is 0.312 e. The maximum atomic E-state index is 14.1. The minimum absolute atomic E-state index is 0.0131. The average Bonchev–Trinajstić information content (AvgIpc) is 3.44. The SMILES string of the molecule is C=CCCCCOC(=O)[C@@H]1[C@@H]2CCC3(O2)C(C(=O)N(CC=C)C(C)(C)C)N(CCCCO)C(=O)[C@H]13. The van der Waals surface area contributed by atoms with Crippen molar-refractivity contribution in [3.05, 3.63) is 25.3 Å². The van der Waals surface area contributed by atoms with Gasteiger partial charge in [0.25, 0.3) is 0 Å². The Labute approximate surface area is 209 Å². The summed E-state index contributed by atoms with van der Waals surface area (Å²) in [5.74, 6) is -2.23. The molecule has 3 saturated heterocycles. The van der Waals surface area contributed by atoms with E-state index in [1.54, 1.807) is 15.9 Å². The number of likely N-dealkylation sites (tertiary alicyclic amines) is 1. The van der Waals surface area contributed by atoms with Gasteiger partial charge in [-0.3, -0.25) is 14.4 Å². The Morgan fingerprint density at radius 2 is 1.97 bits per heavy atom. The van der Waals surface area contributed by atoms with Crippen LogP contribution in [0.5, 0.6) is 0 Å². The van der Waals surface area contributed by atoms with Crippen LogP contribution in [0.4, 0.5) is 0 Å². The number of hydrogen-bond acceptors (Lipinski definition) is 6. The van der Waals surface area contributed by atoms with Crippen LogP contribution in [0.25, 0.3) is 0 Å². The lowest BCUT2D eigenvalue weighted by Gasteiger charge is -2.42. The number of ether oxygens (including phenoxy) is 2. The molecule has 0 radical (unpaired) electrons. The van der Waals surface area contributed by atoms with E-state index in [0.717, 1.165) is 19.3 Å². The van der Waals surface area contributed by atoms with Crippen molar-refractivity contribution in [2.75, 3.05) is 26.3 Å². The molecule has 1 N–H and O–H groups in total. The molecular formula is C27H42N2O6. The van der Waals surface area contributed by atoms with Crippen LogP contribution < -0.4 is 0 Å². The van der Waals surface area contributed by atoms with Gasteiger partial charge >= 0.3 is 5.97 Å². The number of carbonyl (C=O) groups is 3. The third-order valence-corrected chi connectivity index (χ3v) is 7.55. The quantitative estimate of drug-likeness (QED) is 0.242. The van der Waals surface area contributed by atoms with Gasteiger partial charge in [-0.2, -0.15) is 0 Å². The number of aliphatic hydroxyl groups excluding tert-OH is 1. The lowest BCUT2D eigenvalue weighted by atomic mass is 9.70. The molecule has 0 aromatic heterocycles. The molecule has 35 heavy (non-hydrogen) atoms. The minimum Gasteiger partial charge on any atom is -0.465 e. The Kier molecular flexibility index (Phi) is 8.81. The van der Waals surface area contributed by atoms with Crippen molar-refractivity contribution in [1.29, 1.82) is 0 Å².